The molecule has 10 heteroatoms. The number of hydrogen-bond donors (Lipinski definition) is 2. The van der Waals surface area contributed by atoms with E-state index in [1.54, 1.807) is 0 Å². The highest BCUT2D eigenvalue weighted by Crippen LogP contribution is 2.28. The molecule has 2 N–H and O–H groups in total. The zero-order valence-corrected chi connectivity index (χ0v) is 12.6. The molecular weight excluding hydrogens is 320 g/mol. The van der Waals surface area contributed by atoms with Crippen LogP contribution in [-0.4, -0.2) is 38.8 Å². The van der Waals surface area contributed by atoms with E-state index in [2.05, 4.69) is 10.4 Å². The number of anilines is 1. The molecular formula is C14H14N4O6. The summed E-state index contributed by atoms with van der Waals surface area (Å²) in [5.74, 6) is -1.32. The number of nitrogens with one attached hydrogen (secondary N) is 1. The maximum absolute atomic E-state index is 11.9. The molecule has 2 aromatic rings. The first kappa shape index (κ1) is 16.9. The van der Waals surface area contributed by atoms with E-state index in [0.717, 1.165) is 0 Å². The van der Waals surface area contributed by atoms with E-state index < -0.39 is 16.8 Å². The molecule has 0 saturated heterocycles. The van der Waals surface area contributed by atoms with Crippen LogP contribution in [0.4, 0.5) is 11.4 Å². The molecule has 1 amide bonds. The number of nitrogens with zero attached hydrogens (tertiary/aromatic N) is 3. The Morgan fingerprint density at radius 1 is 1.42 bits per heavy atom. The summed E-state index contributed by atoms with van der Waals surface area (Å²) in [7, 11) is 1.38. The van der Waals surface area contributed by atoms with E-state index in [-0.39, 0.29) is 30.0 Å². The summed E-state index contributed by atoms with van der Waals surface area (Å²) in [5, 5.41) is 26.0. The van der Waals surface area contributed by atoms with E-state index in [0.29, 0.717) is 5.75 Å². The summed E-state index contributed by atoms with van der Waals surface area (Å²) in [6.07, 6.45) is 1.41. The third kappa shape index (κ3) is 4.06. The molecule has 0 radical (unpaired) electrons. The van der Waals surface area contributed by atoms with Crippen molar-refractivity contribution in [3.05, 3.63) is 46.3 Å². The van der Waals surface area contributed by atoms with Crippen molar-refractivity contribution in [3.63, 3.8) is 0 Å². The fourth-order valence-corrected chi connectivity index (χ4v) is 1.92. The Kier molecular flexibility index (Phi) is 5.09. The van der Waals surface area contributed by atoms with Gasteiger partial charge in [0.05, 0.1) is 18.1 Å². The lowest BCUT2D eigenvalue weighted by molar-refractivity contribution is -0.384. The molecule has 0 fully saturated rings. The number of aromatic nitrogens is 2. The first-order valence-corrected chi connectivity index (χ1v) is 6.79. The second kappa shape index (κ2) is 7.22. The molecule has 0 atom stereocenters. The lowest BCUT2D eigenvalue weighted by Gasteiger charge is -2.07. The van der Waals surface area contributed by atoms with Gasteiger partial charge in [0, 0.05) is 19.2 Å². The molecule has 10 nitrogen and oxygen atoms in total. The smallest absolute Gasteiger partial charge is 0.356 e. The van der Waals surface area contributed by atoms with E-state index in [1.807, 2.05) is 0 Å². The highest BCUT2D eigenvalue weighted by molar-refractivity contribution is 5.93. The van der Waals surface area contributed by atoms with Crippen molar-refractivity contribution in [2.24, 2.45) is 0 Å². The van der Waals surface area contributed by atoms with Crippen LogP contribution < -0.4 is 10.1 Å². The molecule has 0 spiro atoms. The Morgan fingerprint density at radius 3 is 2.75 bits per heavy atom. The molecule has 0 unspecified atom stereocenters. The molecule has 0 bridgehead atoms. The predicted octanol–water partition coefficient (Wildman–Crippen LogP) is 1.53. The van der Waals surface area contributed by atoms with Gasteiger partial charge in [0.1, 0.15) is 11.4 Å². The van der Waals surface area contributed by atoms with Crippen LogP contribution in [-0.2, 0) is 11.3 Å². The van der Waals surface area contributed by atoms with E-state index >= 15 is 0 Å². The van der Waals surface area contributed by atoms with Crippen molar-refractivity contribution in [1.82, 2.24) is 9.78 Å². The largest absolute Gasteiger partial charge is 0.496 e. The van der Waals surface area contributed by atoms with Crippen molar-refractivity contribution >= 4 is 23.3 Å². The minimum atomic E-state index is -1.16. The molecule has 0 aliphatic carbocycles. The summed E-state index contributed by atoms with van der Waals surface area (Å²) >= 11 is 0. The summed E-state index contributed by atoms with van der Waals surface area (Å²) in [4.78, 5) is 33.1. The molecule has 1 aromatic heterocycles. The summed E-state index contributed by atoms with van der Waals surface area (Å²) in [6.45, 7) is 0.142. The second-order valence-electron chi connectivity index (χ2n) is 4.71. The number of methoxy groups -OCH3 is 1. The lowest BCUT2D eigenvalue weighted by Crippen LogP contribution is -2.16. The molecule has 1 aromatic carbocycles. The van der Waals surface area contributed by atoms with Crippen LogP contribution in [0.2, 0.25) is 0 Å². The van der Waals surface area contributed by atoms with Gasteiger partial charge in [-0.2, -0.15) is 5.10 Å². The van der Waals surface area contributed by atoms with Gasteiger partial charge in [-0.15, -0.1) is 0 Å². The van der Waals surface area contributed by atoms with Crippen LogP contribution in [0.25, 0.3) is 0 Å². The van der Waals surface area contributed by atoms with Gasteiger partial charge >= 0.3 is 5.97 Å². The zero-order chi connectivity index (χ0) is 17.7. The predicted molar refractivity (Wildman–Crippen MR) is 82.1 cm³/mol. The number of rotatable bonds is 7. The average Bonchev–Trinajstić information content (AvgIpc) is 3.02. The molecule has 0 aliphatic rings. The molecule has 24 heavy (non-hydrogen) atoms. The van der Waals surface area contributed by atoms with Gasteiger partial charge < -0.3 is 15.2 Å². The SMILES string of the molecule is COc1ccc(NC(=O)CCn2ccc(C(=O)O)n2)c([N+](=O)[O-])c1. The number of ether oxygens (including phenoxy) is 1. The summed E-state index contributed by atoms with van der Waals surface area (Å²) < 4.78 is 6.23. The maximum Gasteiger partial charge on any atom is 0.356 e. The van der Waals surface area contributed by atoms with Gasteiger partial charge in [0.2, 0.25) is 5.91 Å². The molecule has 0 saturated carbocycles. The number of nitro benzene ring substituents is 1. The average molecular weight is 334 g/mol. The van der Waals surface area contributed by atoms with Crippen LogP contribution in [0, 0.1) is 10.1 Å². The lowest BCUT2D eigenvalue weighted by atomic mass is 10.2. The number of carboxylic acid groups (broad SMARTS) is 1. The highest BCUT2D eigenvalue weighted by Gasteiger charge is 2.17. The van der Waals surface area contributed by atoms with Crippen LogP contribution >= 0.6 is 0 Å². The Bertz CT molecular complexity index is 785. The van der Waals surface area contributed by atoms with Crippen LogP contribution in [0.5, 0.6) is 5.75 Å². The van der Waals surface area contributed by atoms with Gasteiger partial charge in [-0.25, -0.2) is 4.79 Å². The number of carbonyl (C=O) groups is 2. The number of benzene rings is 1. The Morgan fingerprint density at radius 2 is 2.17 bits per heavy atom. The third-order valence-corrected chi connectivity index (χ3v) is 3.10. The minimum Gasteiger partial charge on any atom is -0.496 e. The number of nitro groups is 1. The molecule has 0 aliphatic heterocycles. The van der Waals surface area contributed by atoms with Gasteiger partial charge in [-0.1, -0.05) is 0 Å². The number of hydrogen-bond acceptors (Lipinski definition) is 6. The molecule has 1 heterocycles. The maximum atomic E-state index is 11.9. The zero-order valence-electron chi connectivity index (χ0n) is 12.6. The molecule has 126 valence electrons. The Hall–Kier alpha value is -3.43. The van der Waals surface area contributed by atoms with Crippen molar-refractivity contribution in [3.8, 4) is 5.75 Å². The van der Waals surface area contributed by atoms with Gasteiger partial charge in [-0.05, 0) is 18.2 Å². The van der Waals surface area contributed by atoms with Gasteiger partial charge in [0.25, 0.3) is 5.69 Å². The topological polar surface area (TPSA) is 137 Å². The van der Waals surface area contributed by atoms with Gasteiger partial charge in [0.15, 0.2) is 5.69 Å². The van der Waals surface area contributed by atoms with E-state index in [9.17, 15) is 19.7 Å². The first-order valence-electron chi connectivity index (χ1n) is 6.79. The van der Waals surface area contributed by atoms with Crippen molar-refractivity contribution in [2.45, 2.75) is 13.0 Å². The van der Waals surface area contributed by atoms with Crippen LogP contribution in [0.15, 0.2) is 30.5 Å². The molecule has 2 rings (SSSR count). The van der Waals surface area contributed by atoms with Crippen molar-refractivity contribution < 1.29 is 24.4 Å². The van der Waals surface area contributed by atoms with Crippen LogP contribution in [0.3, 0.4) is 0 Å². The van der Waals surface area contributed by atoms with Crippen LogP contribution in [0.1, 0.15) is 16.9 Å². The monoisotopic (exact) mass is 334 g/mol. The number of amides is 1. The fraction of sp³-hybridized carbons (Fsp3) is 0.214. The van der Waals surface area contributed by atoms with Gasteiger partial charge in [-0.3, -0.25) is 19.6 Å². The van der Waals surface area contributed by atoms with E-state index in [4.69, 9.17) is 9.84 Å². The first-order chi connectivity index (χ1) is 11.4. The second-order valence-corrected chi connectivity index (χ2v) is 4.71. The Balaban J connectivity index is 2.01. The van der Waals surface area contributed by atoms with Crippen molar-refractivity contribution in [1.29, 1.82) is 0 Å². The normalized spacial score (nSPS) is 10.2. The highest BCUT2D eigenvalue weighted by atomic mass is 16.6. The number of carbonyl (C=O) groups excluding carboxylic acids is 1. The number of aromatic carboxylic acids is 1. The standard InChI is InChI=1S/C14H14N4O6/c1-24-9-2-3-10(12(8-9)18(22)23)15-13(19)5-7-17-6-4-11(16-17)14(20)21/h2-4,6,8H,5,7H2,1H3,(H,15,19)(H,20,21). The fourth-order valence-electron chi connectivity index (χ4n) is 1.92. The Labute approximate surface area is 135 Å². The summed E-state index contributed by atoms with van der Waals surface area (Å²) in [6, 6.07) is 5.40. The quantitative estimate of drug-likeness (QED) is 0.578. The van der Waals surface area contributed by atoms with Crippen molar-refractivity contribution in [2.75, 3.05) is 12.4 Å². The number of carboxylic acids is 1. The minimum absolute atomic E-state index is 0.0239. The van der Waals surface area contributed by atoms with E-state index in [1.165, 1.54) is 42.3 Å². The summed E-state index contributed by atoms with van der Waals surface area (Å²) in [5.41, 5.74) is -0.353. The third-order valence-electron chi connectivity index (χ3n) is 3.10. The number of aryl methyl sites for hydroxylation is 1.